The Morgan fingerprint density at radius 3 is 1.83 bits per heavy atom. The second kappa shape index (κ2) is 11.8. The molecule has 9 aromatic rings. The molecule has 8 aromatic carbocycles. The van der Waals surface area contributed by atoms with Crippen molar-refractivity contribution in [1.29, 1.82) is 0 Å². The van der Waals surface area contributed by atoms with Crippen LogP contribution in [0.5, 0.6) is 0 Å². The van der Waals surface area contributed by atoms with Crippen molar-refractivity contribution in [2.24, 2.45) is 0 Å². The maximum absolute atomic E-state index is 2.50. The minimum atomic E-state index is -0.524. The second-order valence-corrected chi connectivity index (χ2v) is 16.6. The highest BCUT2D eigenvalue weighted by Gasteiger charge is 2.58. The van der Waals surface area contributed by atoms with Gasteiger partial charge in [-0.15, -0.1) is 0 Å². The summed E-state index contributed by atoms with van der Waals surface area (Å²) >= 11 is 0. The van der Waals surface area contributed by atoms with Crippen LogP contribution in [0.15, 0.2) is 206 Å². The third-order valence-corrected chi connectivity index (χ3v) is 14.1. The SMILES string of the molecule is C1=CC2=C(CC1)CC1(c3ccccc32)c2ccccc2C2(c3ccccc3-c3ccccc32)c2c(-c3ccc4c(c3)c3ccccc3n4-c3ccccc3)cccc21. The molecule has 1 heterocycles. The normalized spacial score (nSPS) is 17.9. The van der Waals surface area contributed by atoms with Gasteiger partial charge in [0.15, 0.2) is 0 Å². The summed E-state index contributed by atoms with van der Waals surface area (Å²) in [7, 11) is 0. The molecule has 13 rings (SSSR count). The summed E-state index contributed by atoms with van der Waals surface area (Å²) in [6.45, 7) is 0. The molecule has 1 nitrogen and oxygen atoms in total. The zero-order valence-electron chi connectivity index (χ0n) is 32.1. The fraction of sp³-hybridized carbons (Fsp3) is 0.0877. The van der Waals surface area contributed by atoms with Crippen molar-refractivity contribution in [3.05, 3.63) is 250 Å². The summed E-state index contributed by atoms with van der Waals surface area (Å²) in [6, 6.07) is 71.6. The van der Waals surface area contributed by atoms with E-state index < -0.39 is 5.41 Å². The third kappa shape index (κ3) is 3.96. The van der Waals surface area contributed by atoms with E-state index in [4.69, 9.17) is 0 Å². The van der Waals surface area contributed by atoms with Crippen LogP contribution >= 0.6 is 0 Å². The molecule has 0 fully saturated rings. The summed E-state index contributed by atoms with van der Waals surface area (Å²) < 4.78 is 2.42. The van der Waals surface area contributed by atoms with E-state index in [1.165, 1.54) is 99.8 Å². The molecule has 2 spiro atoms. The third-order valence-electron chi connectivity index (χ3n) is 14.1. The fourth-order valence-electron chi connectivity index (χ4n) is 12.0. The van der Waals surface area contributed by atoms with Crippen molar-refractivity contribution in [2.45, 2.75) is 30.1 Å². The van der Waals surface area contributed by atoms with Crippen LogP contribution in [0.25, 0.3) is 55.3 Å². The van der Waals surface area contributed by atoms with Gasteiger partial charge in [0.1, 0.15) is 0 Å². The molecule has 58 heavy (non-hydrogen) atoms. The van der Waals surface area contributed by atoms with Gasteiger partial charge in [-0.2, -0.15) is 0 Å². The Bertz CT molecular complexity index is 3220. The van der Waals surface area contributed by atoms with Crippen molar-refractivity contribution < 1.29 is 0 Å². The number of aromatic nitrogens is 1. The molecule has 1 aromatic heterocycles. The molecule has 272 valence electrons. The van der Waals surface area contributed by atoms with Crippen molar-refractivity contribution in [3.8, 4) is 27.9 Å². The van der Waals surface area contributed by atoms with E-state index in [1.54, 1.807) is 5.57 Å². The molecule has 1 heteroatoms. The maximum Gasteiger partial charge on any atom is 0.0725 e. The van der Waals surface area contributed by atoms with E-state index in [9.17, 15) is 0 Å². The lowest BCUT2D eigenvalue weighted by Gasteiger charge is -2.52. The van der Waals surface area contributed by atoms with Crippen molar-refractivity contribution in [1.82, 2.24) is 4.57 Å². The van der Waals surface area contributed by atoms with Crippen molar-refractivity contribution in [2.75, 3.05) is 0 Å². The number of hydrogen-bond acceptors (Lipinski definition) is 0. The lowest BCUT2D eigenvalue weighted by atomic mass is 9.49. The Labute approximate surface area is 338 Å². The Morgan fingerprint density at radius 2 is 1.03 bits per heavy atom. The van der Waals surface area contributed by atoms with Crippen LogP contribution in [0.2, 0.25) is 0 Å². The van der Waals surface area contributed by atoms with E-state index in [0.717, 1.165) is 19.3 Å². The van der Waals surface area contributed by atoms with Crippen LogP contribution in [0.1, 0.15) is 63.8 Å². The molecule has 0 saturated heterocycles. The zero-order valence-corrected chi connectivity index (χ0v) is 32.1. The number of hydrogen-bond donors (Lipinski definition) is 0. The molecule has 0 radical (unpaired) electrons. The van der Waals surface area contributed by atoms with E-state index in [-0.39, 0.29) is 5.41 Å². The van der Waals surface area contributed by atoms with Gasteiger partial charge in [-0.25, -0.2) is 0 Å². The Kier molecular flexibility index (Phi) is 6.54. The summed E-state index contributed by atoms with van der Waals surface area (Å²) in [6.07, 6.45) is 7.94. The summed E-state index contributed by atoms with van der Waals surface area (Å²) in [5.41, 5.74) is 22.2. The molecular weight excluding hydrogens is 699 g/mol. The molecule has 1 atom stereocenters. The fourth-order valence-corrected chi connectivity index (χ4v) is 12.0. The number of rotatable bonds is 2. The van der Waals surface area contributed by atoms with E-state index >= 15 is 0 Å². The lowest BCUT2D eigenvalue weighted by Crippen LogP contribution is -2.46. The zero-order chi connectivity index (χ0) is 38.0. The lowest BCUT2D eigenvalue weighted by molar-refractivity contribution is 0.532. The largest absolute Gasteiger partial charge is 0.309 e. The van der Waals surface area contributed by atoms with Gasteiger partial charge in [-0.3, -0.25) is 0 Å². The second-order valence-electron chi connectivity index (χ2n) is 16.6. The van der Waals surface area contributed by atoms with Gasteiger partial charge in [-0.1, -0.05) is 175 Å². The van der Waals surface area contributed by atoms with Gasteiger partial charge in [0.2, 0.25) is 0 Å². The van der Waals surface area contributed by atoms with Gasteiger partial charge in [0.25, 0.3) is 0 Å². The van der Waals surface area contributed by atoms with Crippen LogP contribution < -0.4 is 0 Å². The number of fused-ring (bicyclic) bond motifs is 17. The molecule has 4 aliphatic carbocycles. The van der Waals surface area contributed by atoms with Gasteiger partial charge in [0, 0.05) is 16.5 Å². The Hall–Kier alpha value is -6.96. The number of benzene rings is 8. The summed E-state index contributed by atoms with van der Waals surface area (Å²) in [4.78, 5) is 0. The average Bonchev–Trinajstić information content (AvgIpc) is 3.79. The highest BCUT2D eigenvalue weighted by Crippen LogP contribution is 2.67. The topological polar surface area (TPSA) is 4.93 Å². The van der Waals surface area contributed by atoms with Crippen LogP contribution in [0.4, 0.5) is 0 Å². The van der Waals surface area contributed by atoms with E-state index in [1.807, 2.05) is 0 Å². The molecule has 0 amide bonds. The number of para-hydroxylation sites is 2. The van der Waals surface area contributed by atoms with Gasteiger partial charge < -0.3 is 4.57 Å². The molecular formula is C57H39N. The standard InChI is InChI=1S/C57H39N/c1-2-18-39(19-3-1)58-53-32-15-9-24-45(53)46-35-37(33-34-54(46)58)41-25-16-31-52-55(41)57(48-27-11-7-22-43(48)44-23-8-12-28-49(44)57)51-30-14-13-29-50(51)56(52)36-38-17-4-5-20-40(38)42-21-6-10-26-47(42)56/h1-3,5-16,18-35H,4,17,36H2. The first-order valence-electron chi connectivity index (χ1n) is 20.8. The molecule has 0 bridgehead atoms. The first kappa shape index (κ1) is 32.2. The molecule has 0 saturated carbocycles. The highest BCUT2D eigenvalue weighted by atomic mass is 15.0. The molecule has 1 unspecified atom stereocenters. The van der Waals surface area contributed by atoms with Gasteiger partial charge in [0.05, 0.1) is 21.9 Å². The minimum Gasteiger partial charge on any atom is -0.309 e. The van der Waals surface area contributed by atoms with E-state index in [2.05, 4.69) is 205 Å². The Morgan fingerprint density at radius 1 is 0.431 bits per heavy atom. The predicted molar refractivity (Wildman–Crippen MR) is 240 cm³/mol. The molecule has 4 aliphatic rings. The van der Waals surface area contributed by atoms with Crippen molar-refractivity contribution >= 4 is 27.4 Å². The molecule has 0 aliphatic heterocycles. The smallest absolute Gasteiger partial charge is 0.0725 e. The van der Waals surface area contributed by atoms with Crippen LogP contribution in [0.3, 0.4) is 0 Å². The van der Waals surface area contributed by atoms with E-state index in [0.29, 0.717) is 0 Å². The maximum atomic E-state index is 2.50. The highest BCUT2D eigenvalue weighted by molar-refractivity contribution is 6.11. The van der Waals surface area contributed by atoms with Gasteiger partial charge >= 0.3 is 0 Å². The van der Waals surface area contributed by atoms with Crippen LogP contribution in [-0.2, 0) is 10.8 Å². The quantitative estimate of drug-likeness (QED) is 0.166. The Balaban J connectivity index is 1.19. The predicted octanol–water partition coefficient (Wildman–Crippen LogP) is 14.0. The summed E-state index contributed by atoms with van der Waals surface area (Å²) in [5, 5.41) is 2.54. The monoisotopic (exact) mass is 737 g/mol. The minimum absolute atomic E-state index is 0.367. The first-order chi connectivity index (χ1) is 28.8. The molecule has 0 N–H and O–H groups in total. The van der Waals surface area contributed by atoms with Crippen molar-refractivity contribution in [3.63, 3.8) is 0 Å². The number of nitrogens with zero attached hydrogens (tertiary/aromatic N) is 1. The first-order valence-corrected chi connectivity index (χ1v) is 20.8. The summed E-state index contributed by atoms with van der Waals surface area (Å²) in [5.74, 6) is 0. The average molecular weight is 738 g/mol. The number of allylic oxidation sites excluding steroid dienone is 4. The van der Waals surface area contributed by atoms with Crippen LogP contribution in [-0.4, -0.2) is 4.57 Å². The van der Waals surface area contributed by atoms with Gasteiger partial charge in [-0.05, 0) is 122 Å². The van der Waals surface area contributed by atoms with Crippen LogP contribution in [0, 0.1) is 0 Å².